The summed E-state index contributed by atoms with van der Waals surface area (Å²) in [5.74, 6) is -0.869. The second-order valence-corrected chi connectivity index (χ2v) is 12.3. The van der Waals surface area contributed by atoms with Gasteiger partial charge in [-0.25, -0.2) is 0 Å². The zero-order chi connectivity index (χ0) is 28.3. The fourth-order valence-electron chi connectivity index (χ4n) is 5.63. The van der Waals surface area contributed by atoms with Gasteiger partial charge < -0.3 is 38.3 Å². The van der Waals surface area contributed by atoms with Gasteiger partial charge in [0.1, 0.15) is 36.6 Å². The van der Waals surface area contributed by atoms with E-state index in [0.29, 0.717) is 32.8 Å². The third-order valence-electron chi connectivity index (χ3n) is 7.71. The molecule has 0 bridgehead atoms. The molecule has 0 spiro atoms. The third-order valence-corrected chi connectivity index (χ3v) is 7.71. The van der Waals surface area contributed by atoms with Gasteiger partial charge in [-0.15, -0.1) is 0 Å². The molecule has 220 valence electrons. The lowest BCUT2D eigenvalue weighted by atomic mass is 9.84. The SMILES string of the molecule is C[C@@H](O[C@@H]1[C@H](O)[C@@H](OCCC2OCC(C)(C)CO2)[C@@H]2OC(C)(C)O[C@@H]2[C@H]1OCc1ccccc1)c1ccccc1. The third kappa shape index (κ3) is 7.12. The van der Waals surface area contributed by atoms with Crippen molar-refractivity contribution in [3.8, 4) is 0 Å². The molecule has 3 fully saturated rings. The van der Waals surface area contributed by atoms with E-state index in [2.05, 4.69) is 13.8 Å². The molecular weight excluding hydrogens is 512 g/mol. The second kappa shape index (κ2) is 12.5. The van der Waals surface area contributed by atoms with Gasteiger partial charge in [0, 0.05) is 11.8 Å². The summed E-state index contributed by atoms with van der Waals surface area (Å²) < 4.78 is 43.9. The number of ether oxygens (including phenoxy) is 7. The van der Waals surface area contributed by atoms with E-state index < -0.39 is 42.4 Å². The minimum Gasteiger partial charge on any atom is -0.387 e. The maximum atomic E-state index is 11.8. The molecule has 2 aromatic carbocycles. The zero-order valence-electron chi connectivity index (χ0n) is 24.2. The monoisotopic (exact) mass is 556 g/mol. The summed E-state index contributed by atoms with van der Waals surface area (Å²) in [6.07, 6.45) is -4.12. The van der Waals surface area contributed by atoms with Crippen molar-refractivity contribution in [2.24, 2.45) is 5.41 Å². The van der Waals surface area contributed by atoms with Crippen molar-refractivity contribution in [3.63, 3.8) is 0 Å². The summed E-state index contributed by atoms with van der Waals surface area (Å²) in [4.78, 5) is 0. The van der Waals surface area contributed by atoms with Crippen LogP contribution in [0.5, 0.6) is 0 Å². The molecular formula is C32H44O8. The molecule has 5 rings (SSSR count). The Bertz CT molecular complexity index is 1050. The van der Waals surface area contributed by atoms with E-state index in [4.69, 9.17) is 33.2 Å². The van der Waals surface area contributed by atoms with Crippen molar-refractivity contribution >= 4 is 0 Å². The number of aliphatic hydroxyl groups excluding tert-OH is 1. The average molecular weight is 557 g/mol. The smallest absolute Gasteiger partial charge is 0.164 e. The lowest BCUT2D eigenvalue weighted by molar-refractivity contribution is -0.253. The first-order valence-corrected chi connectivity index (χ1v) is 14.4. The zero-order valence-corrected chi connectivity index (χ0v) is 24.2. The predicted octanol–water partition coefficient (Wildman–Crippen LogP) is 4.79. The molecule has 1 saturated carbocycles. The minimum atomic E-state index is -1.02. The van der Waals surface area contributed by atoms with E-state index >= 15 is 0 Å². The van der Waals surface area contributed by atoms with E-state index in [1.807, 2.05) is 81.4 Å². The van der Waals surface area contributed by atoms with E-state index in [0.717, 1.165) is 11.1 Å². The highest BCUT2D eigenvalue weighted by atomic mass is 16.8. The normalized spacial score (nSPS) is 32.5. The van der Waals surface area contributed by atoms with Gasteiger partial charge in [0.05, 0.1) is 32.5 Å². The quantitative estimate of drug-likeness (QED) is 0.447. The molecule has 0 radical (unpaired) electrons. The van der Waals surface area contributed by atoms with Crippen LogP contribution in [0.2, 0.25) is 0 Å². The van der Waals surface area contributed by atoms with Gasteiger partial charge in [0.15, 0.2) is 12.1 Å². The van der Waals surface area contributed by atoms with Gasteiger partial charge in [-0.1, -0.05) is 74.5 Å². The lowest BCUT2D eigenvalue weighted by Crippen LogP contribution is -2.64. The molecule has 3 aliphatic rings. The summed E-state index contributed by atoms with van der Waals surface area (Å²) in [7, 11) is 0. The van der Waals surface area contributed by atoms with Gasteiger partial charge in [0.25, 0.3) is 0 Å². The molecule has 8 nitrogen and oxygen atoms in total. The van der Waals surface area contributed by atoms with E-state index in [1.165, 1.54) is 0 Å². The van der Waals surface area contributed by atoms with Crippen molar-refractivity contribution in [2.75, 3.05) is 19.8 Å². The van der Waals surface area contributed by atoms with Crippen LogP contribution >= 0.6 is 0 Å². The van der Waals surface area contributed by atoms with E-state index in [9.17, 15) is 5.11 Å². The van der Waals surface area contributed by atoms with Crippen LogP contribution in [-0.4, -0.2) is 73.6 Å². The van der Waals surface area contributed by atoms with Gasteiger partial charge in [0.2, 0.25) is 0 Å². The Hall–Kier alpha value is -1.88. The van der Waals surface area contributed by atoms with Crippen LogP contribution in [-0.2, 0) is 39.8 Å². The van der Waals surface area contributed by atoms with Gasteiger partial charge in [-0.3, -0.25) is 0 Å². The fraction of sp³-hybridized carbons (Fsp3) is 0.625. The Morgan fingerprint density at radius 3 is 2.08 bits per heavy atom. The number of rotatable bonds is 10. The predicted molar refractivity (Wildman–Crippen MR) is 148 cm³/mol. The average Bonchev–Trinajstić information content (AvgIpc) is 3.26. The van der Waals surface area contributed by atoms with Crippen LogP contribution in [0.4, 0.5) is 0 Å². The number of fused-ring (bicyclic) bond motifs is 1. The van der Waals surface area contributed by atoms with E-state index in [-0.39, 0.29) is 17.8 Å². The van der Waals surface area contributed by atoms with Crippen molar-refractivity contribution in [1.29, 1.82) is 0 Å². The Labute approximate surface area is 237 Å². The summed E-state index contributed by atoms with van der Waals surface area (Å²) in [6, 6.07) is 19.9. The van der Waals surface area contributed by atoms with Crippen molar-refractivity contribution in [3.05, 3.63) is 71.8 Å². The second-order valence-electron chi connectivity index (χ2n) is 12.3. The molecule has 0 amide bonds. The first-order valence-electron chi connectivity index (χ1n) is 14.4. The standard InChI is InChI=1S/C32H44O8/c1-21(23-14-10-7-11-15-23)38-27-25(33)26(34-17-16-24-36-19-31(2,3)20-37-24)29-30(40-32(4,5)39-29)28(27)35-18-22-12-8-6-9-13-22/h6-15,21,24-30,33H,16-20H2,1-5H3/t21-,25-,26-,27-,28+,29+,30-/m1/s1. The van der Waals surface area contributed by atoms with Gasteiger partial charge >= 0.3 is 0 Å². The number of hydrogen-bond acceptors (Lipinski definition) is 8. The van der Waals surface area contributed by atoms with Crippen LogP contribution < -0.4 is 0 Å². The molecule has 40 heavy (non-hydrogen) atoms. The molecule has 7 atom stereocenters. The highest BCUT2D eigenvalue weighted by molar-refractivity contribution is 5.18. The molecule has 2 saturated heterocycles. The van der Waals surface area contributed by atoms with Crippen molar-refractivity contribution in [2.45, 2.75) is 102 Å². The maximum Gasteiger partial charge on any atom is 0.164 e. The van der Waals surface area contributed by atoms with Crippen LogP contribution in [0.3, 0.4) is 0 Å². The van der Waals surface area contributed by atoms with Crippen LogP contribution in [0.1, 0.15) is 58.3 Å². The van der Waals surface area contributed by atoms with Crippen molar-refractivity contribution < 1.29 is 38.3 Å². The number of benzene rings is 2. The topological polar surface area (TPSA) is 84.8 Å². The summed E-state index contributed by atoms with van der Waals surface area (Å²) in [6.45, 7) is 11.9. The Kier molecular flexibility index (Phi) is 9.29. The Morgan fingerprint density at radius 1 is 0.825 bits per heavy atom. The Balaban J connectivity index is 1.34. The van der Waals surface area contributed by atoms with E-state index in [1.54, 1.807) is 0 Å². The molecule has 8 heteroatoms. The minimum absolute atomic E-state index is 0.000476. The Morgan fingerprint density at radius 2 is 1.43 bits per heavy atom. The molecule has 0 aromatic heterocycles. The maximum absolute atomic E-state index is 11.8. The highest BCUT2D eigenvalue weighted by Gasteiger charge is 2.60. The van der Waals surface area contributed by atoms with Crippen molar-refractivity contribution in [1.82, 2.24) is 0 Å². The summed E-state index contributed by atoms with van der Waals surface area (Å²) >= 11 is 0. The van der Waals surface area contributed by atoms with Crippen LogP contribution in [0.25, 0.3) is 0 Å². The largest absolute Gasteiger partial charge is 0.387 e. The van der Waals surface area contributed by atoms with Gasteiger partial charge in [-0.05, 0) is 31.9 Å². The fourth-order valence-corrected chi connectivity index (χ4v) is 5.63. The first-order chi connectivity index (χ1) is 19.1. The summed E-state index contributed by atoms with van der Waals surface area (Å²) in [5, 5.41) is 11.8. The van der Waals surface area contributed by atoms with Gasteiger partial charge in [-0.2, -0.15) is 0 Å². The highest BCUT2D eigenvalue weighted by Crippen LogP contribution is 2.42. The molecule has 2 heterocycles. The first kappa shape index (κ1) is 29.6. The molecule has 0 unspecified atom stereocenters. The molecule has 2 aliphatic heterocycles. The van der Waals surface area contributed by atoms with Crippen LogP contribution in [0.15, 0.2) is 60.7 Å². The summed E-state index contributed by atoms with van der Waals surface area (Å²) in [5.41, 5.74) is 2.03. The lowest BCUT2D eigenvalue weighted by Gasteiger charge is -2.45. The van der Waals surface area contributed by atoms with Crippen LogP contribution in [0, 0.1) is 5.41 Å². The molecule has 1 aliphatic carbocycles. The molecule has 2 aromatic rings. The number of hydrogen-bond donors (Lipinski definition) is 1. The number of aliphatic hydroxyl groups is 1. The molecule has 1 N–H and O–H groups in total.